The van der Waals surface area contributed by atoms with Gasteiger partial charge in [-0.15, -0.1) is 0 Å². The molecule has 0 radical (unpaired) electrons. The SMILES string of the molecule is CCCCCCCC/C=C/CCCCCCCC=O.O. The third-order valence-corrected chi connectivity index (χ3v) is 3.58. The summed E-state index contributed by atoms with van der Waals surface area (Å²) in [7, 11) is 0. The van der Waals surface area contributed by atoms with Crippen LogP contribution in [-0.4, -0.2) is 11.8 Å². The van der Waals surface area contributed by atoms with Crippen molar-refractivity contribution in [3.8, 4) is 0 Å². The van der Waals surface area contributed by atoms with Gasteiger partial charge in [0.15, 0.2) is 0 Å². The van der Waals surface area contributed by atoms with Crippen LogP contribution in [0.1, 0.15) is 96.8 Å². The molecular formula is C18H36O2. The molecule has 2 N–H and O–H groups in total. The number of carbonyl (C=O) groups excluding carboxylic acids is 1. The van der Waals surface area contributed by atoms with Gasteiger partial charge in [-0.2, -0.15) is 0 Å². The summed E-state index contributed by atoms with van der Waals surface area (Å²) in [5, 5.41) is 0. The molecule has 20 heavy (non-hydrogen) atoms. The van der Waals surface area contributed by atoms with Crippen molar-refractivity contribution in [2.45, 2.75) is 96.8 Å². The summed E-state index contributed by atoms with van der Waals surface area (Å²) >= 11 is 0. The molecule has 0 saturated heterocycles. The Hall–Kier alpha value is -0.630. The molecule has 0 amide bonds. The summed E-state index contributed by atoms with van der Waals surface area (Å²) in [6, 6.07) is 0. The average molecular weight is 284 g/mol. The Bertz CT molecular complexity index is 200. The highest BCUT2D eigenvalue weighted by Crippen LogP contribution is 2.09. The molecule has 0 aliphatic carbocycles. The fourth-order valence-electron chi connectivity index (χ4n) is 2.30. The first-order valence-corrected chi connectivity index (χ1v) is 8.50. The monoisotopic (exact) mass is 284 g/mol. The highest BCUT2D eigenvalue weighted by molar-refractivity contribution is 5.48. The number of carbonyl (C=O) groups is 1. The molecule has 0 unspecified atom stereocenters. The van der Waals surface area contributed by atoms with E-state index in [-0.39, 0.29) is 5.48 Å². The zero-order chi connectivity index (χ0) is 14.0. The lowest BCUT2D eigenvalue weighted by Crippen LogP contribution is -1.80. The van der Waals surface area contributed by atoms with E-state index < -0.39 is 0 Å². The van der Waals surface area contributed by atoms with E-state index in [0.717, 1.165) is 19.1 Å². The van der Waals surface area contributed by atoms with Gasteiger partial charge >= 0.3 is 0 Å². The van der Waals surface area contributed by atoms with E-state index in [0.29, 0.717) is 0 Å². The second-order valence-electron chi connectivity index (χ2n) is 5.54. The van der Waals surface area contributed by atoms with Crippen molar-refractivity contribution in [1.29, 1.82) is 0 Å². The molecule has 120 valence electrons. The van der Waals surface area contributed by atoms with E-state index in [2.05, 4.69) is 19.1 Å². The van der Waals surface area contributed by atoms with Crippen molar-refractivity contribution in [3.05, 3.63) is 12.2 Å². The fraction of sp³-hybridized carbons (Fsp3) is 0.833. The third-order valence-electron chi connectivity index (χ3n) is 3.58. The molecule has 0 aromatic rings. The van der Waals surface area contributed by atoms with E-state index in [9.17, 15) is 4.79 Å². The molecule has 0 heterocycles. The van der Waals surface area contributed by atoms with Crippen molar-refractivity contribution >= 4 is 6.29 Å². The van der Waals surface area contributed by atoms with Crippen LogP contribution in [0.2, 0.25) is 0 Å². The topological polar surface area (TPSA) is 48.6 Å². The smallest absolute Gasteiger partial charge is 0.119 e. The van der Waals surface area contributed by atoms with E-state index in [1.165, 1.54) is 77.0 Å². The maximum absolute atomic E-state index is 10.1. The molecule has 0 saturated carbocycles. The van der Waals surface area contributed by atoms with Gasteiger partial charge in [-0.05, 0) is 32.1 Å². The summed E-state index contributed by atoms with van der Waals surface area (Å²) in [5.74, 6) is 0. The number of hydrogen-bond acceptors (Lipinski definition) is 1. The number of hydrogen-bond donors (Lipinski definition) is 0. The molecule has 0 bridgehead atoms. The van der Waals surface area contributed by atoms with Crippen molar-refractivity contribution in [3.63, 3.8) is 0 Å². The van der Waals surface area contributed by atoms with E-state index >= 15 is 0 Å². The van der Waals surface area contributed by atoms with Gasteiger partial charge in [-0.25, -0.2) is 0 Å². The van der Waals surface area contributed by atoms with E-state index in [4.69, 9.17) is 0 Å². The van der Waals surface area contributed by atoms with Crippen LogP contribution in [0.5, 0.6) is 0 Å². The van der Waals surface area contributed by atoms with Gasteiger partial charge in [0.05, 0.1) is 0 Å². The van der Waals surface area contributed by atoms with Crippen LogP contribution in [0.3, 0.4) is 0 Å². The molecule has 0 atom stereocenters. The molecule has 0 rings (SSSR count). The first-order valence-electron chi connectivity index (χ1n) is 8.50. The Balaban J connectivity index is 0. The molecule has 0 aromatic carbocycles. The van der Waals surface area contributed by atoms with Crippen LogP contribution >= 0.6 is 0 Å². The molecule has 2 heteroatoms. The first-order chi connectivity index (χ1) is 9.41. The maximum Gasteiger partial charge on any atom is 0.119 e. The Kier molecular flexibility index (Phi) is 22.4. The summed E-state index contributed by atoms with van der Waals surface area (Å²) in [6.45, 7) is 2.27. The summed E-state index contributed by atoms with van der Waals surface area (Å²) < 4.78 is 0. The summed E-state index contributed by atoms with van der Waals surface area (Å²) in [6.07, 6.45) is 23.6. The number of rotatable bonds is 15. The zero-order valence-electron chi connectivity index (χ0n) is 13.5. The van der Waals surface area contributed by atoms with Crippen LogP contribution in [0, 0.1) is 0 Å². The van der Waals surface area contributed by atoms with Gasteiger partial charge in [-0.1, -0.05) is 70.4 Å². The fourth-order valence-corrected chi connectivity index (χ4v) is 2.30. The molecule has 0 fully saturated rings. The number of aldehydes is 1. The Morgan fingerprint density at radius 3 is 1.45 bits per heavy atom. The summed E-state index contributed by atoms with van der Waals surface area (Å²) in [5.41, 5.74) is 0. The molecular weight excluding hydrogens is 248 g/mol. The lowest BCUT2D eigenvalue weighted by molar-refractivity contribution is -0.107. The predicted molar refractivity (Wildman–Crippen MR) is 89.1 cm³/mol. The van der Waals surface area contributed by atoms with E-state index in [1.54, 1.807) is 0 Å². The van der Waals surface area contributed by atoms with Crippen molar-refractivity contribution < 1.29 is 10.3 Å². The zero-order valence-corrected chi connectivity index (χ0v) is 13.5. The molecule has 2 nitrogen and oxygen atoms in total. The Morgan fingerprint density at radius 2 is 1.00 bits per heavy atom. The average Bonchev–Trinajstić information content (AvgIpc) is 2.43. The van der Waals surface area contributed by atoms with Gasteiger partial charge in [0, 0.05) is 6.42 Å². The van der Waals surface area contributed by atoms with Gasteiger partial charge in [-0.3, -0.25) is 0 Å². The minimum atomic E-state index is 0. The van der Waals surface area contributed by atoms with Crippen molar-refractivity contribution in [2.75, 3.05) is 0 Å². The largest absolute Gasteiger partial charge is 0.412 e. The highest BCUT2D eigenvalue weighted by atomic mass is 16.1. The first kappa shape index (κ1) is 21.7. The maximum atomic E-state index is 10.1. The highest BCUT2D eigenvalue weighted by Gasteiger charge is 1.90. The van der Waals surface area contributed by atoms with Crippen LogP contribution in [0.15, 0.2) is 12.2 Å². The normalized spacial score (nSPS) is 10.7. The lowest BCUT2D eigenvalue weighted by Gasteiger charge is -1.98. The van der Waals surface area contributed by atoms with Gasteiger partial charge in [0.2, 0.25) is 0 Å². The van der Waals surface area contributed by atoms with Gasteiger partial charge in [0.25, 0.3) is 0 Å². The van der Waals surface area contributed by atoms with Crippen LogP contribution < -0.4 is 0 Å². The van der Waals surface area contributed by atoms with Gasteiger partial charge < -0.3 is 10.3 Å². The lowest BCUT2D eigenvalue weighted by atomic mass is 10.1. The second-order valence-corrected chi connectivity index (χ2v) is 5.54. The molecule has 0 spiro atoms. The second kappa shape index (κ2) is 20.7. The Morgan fingerprint density at radius 1 is 0.600 bits per heavy atom. The van der Waals surface area contributed by atoms with Crippen molar-refractivity contribution in [1.82, 2.24) is 0 Å². The molecule has 0 aromatic heterocycles. The quantitative estimate of drug-likeness (QED) is 0.226. The van der Waals surface area contributed by atoms with Crippen LogP contribution in [0.4, 0.5) is 0 Å². The predicted octanol–water partition coefficient (Wildman–Crippen LogP) is 5.40. The minimum absolute atomic E-state index is 0. The van der Waals surface area contributed by atoms with Gasteiger partial charge in [0.1, 0.15) is 6.29 Å². The third kappa shape index (κ3) is 19.7. The molecule has 0 aliphatic heterocycles. The van der Waals surface area contributed by atoms with Crippen molar-refractivity contribution in [2.24, 2.45) is 0 Å². The molecule has 0 aliphatic rings. The standard InChI is InChI=1S/C18H34O.H2O/c1-2-3-4-5-6-7-8-9-10-11-12-13-14-15-16-17-18-19;/h9-10,18H,2-8,11-17H2,1H3;1H2/b10-9+;. The summed E-state index contributed by atoms with van der Waals surface area (Å²) in [4.78, 5) is 10.1. The number of unbranched alkanes of at least 4 members (excludes halogenated alkanes) is 12. The Labute approximate surface area is 126 Å². The minimum Gasteiger partial charge on any atom is -0.412 e. The van der Waals surface area contributed by atoms with Crippen LogP contribution in [0.25, 0.3) is 0 Å². The number of allylic oxidation sites excluding steroid dienone is 2. The van der Waals surface area contributed by atoms with E-state index in [1.807, 2.05) is 0 Å². The van der Waals surface area contributed by atoms with Crippen LogP contribution in [-0.2, 0) is 4.79 Å².